The number of amides is 1. The average Bonchev–Trinajstić information content (AvgIpc) is 2.59. The number of nitrogens with one attached hydrogen (secondary N) is 1. The maximum Gasteiger partial charge on any atom is 0.410 e. The van der Waals surface area contributed by atoms with Gasteiger partial charge in [-0.3, -0.25) is 0 Å². The Morgan fingerprint density at radius 2 is 2.27 bits per heavy atom. The summed E-state index contributed by atoms with van der Waals surface area (Å²) in [6, 6.07) is 0. The maximum atomic E-state index is 11.7. The summed E-state index contributed by atoms with van der Waals surface area (Å²) in [5.41, 5.74) is -0.0983. The molecule has 2 heterocycles. The fourth-order valence-corrected chi connectivity index (χ4v) is 2.33. The molecule has 1 unspecified atom stereocenters. The number of ether oxygens (including phenoxy) is 1. The molecule has 1 atom stereocenters. The van der Waals surface area contributed by atoms with Crippen LogP contribution in [0.3, 0.4) is 0 Å². The molecule has 1 amide bonds. The van der Waals surface area contributed by atoms with E-state index in [1.165, 1.54) is 0 Å². The number of carbonyl (C=O) groups excluding carboxylic acids is 1. The predicted octanol–water partition coefficient (Wildman–Crippen LogP) is 1.22. The molecule has 86 valence electrons. The third-order valence-corrected chi connectivity index (χ3v) is 2.91. The predicted molar refractivity (Wildman–Crippen MR) is 57.7 cm³/mol. The van der Waals surface area contributed by atoms with E-state index in [2.05, 4.69) is 26.1 Å². The largest absolute Gasteiger partial charge is 0.439 e. The van der Waals surface area contributed by atoms with Gasteiger partial charge in [-0.05, 0) is 12.0 Å². The summed E-state index contributed by atoms with van der Waals surface area (Å²) < 4.78 is 5.49. The zero-order valence-corrected chi connectivity index (χ0v) is 9.80. The number of nitrogens with zero attached hydrogens (tertiary/aromatic N) is 1. The lowest BCUT2D eigenvalue weighted by molar-refractivity contribution is 0.0725. The second-order valence-corrected chi connectivity index (χ2v) is 5.89. The van der Waals surface area contributed by atoms with Crippen LogP contribution in [0.25, 0.3) is 0 Å². The molecule has 1 N–H and O–H groups in total. The minimum Gasteiger partial charge on any atom is -0.439 e. The van der Waals surface area contributed by atoms with Crippen molar-refractivity contribution in [1.29, 1.82) is 0 Å². The van der Waals surface area contributed by atoms with Crippen molar-refractivity contribution >= 4 is 6.09 Å². The monoisotopic (exact) mass is 212 g/mol. The van der Waals surface area contributed by atoms with Gasteiger partial charge in [-0.1, -0.05) is 20.8 Å². The molecular weight excluding hydrogens is 192 g/mol. The lowest BCUT2D eigenvalue weighted by Gasteiger charge is -2.25. The van der Waals surface area contributed by atoms with Crippen LogP contribution in [0.1, 0.15) is 27.2 Å². The van der Waals surface area contributed by atoms with Crippen molar-refractivity contribution < 1.29 is 9.53 Å². The molecule has 4 heteroatoms. The number of rotatable bonds is 1. The zero-order valence-electron chi connectivity index (χ0n) is 9.80. The highest BCUT2D eigenvalue weighted by atomic mass is 16.6. The first-order valence-corrected chi connectivity index (χ1v) is 5.59. The van der Waals surface area contributed by atoms with Gasteiger partial charge in [0, 0.05) is 19.5 Å². The molecule has 0 aromatic carbocycles. The van der Waals surface area contributed by atoms with Gasteiger partial charge in [0.25, 0.3) is 0 Å². The molecule has 2 fully saturated rings. The Bertz CT molecular complexity index is 264. The molecule has 2 saturated heterocycles. The van der Waals surface area contributed by atoms with Gasteiger partial charge in [-0.2, -0.15) is 0 Å². The number of hydrogen-bond donors (Lipinski definition) is 1. The Kier molecular flexibility index (Phi) is 2.41. The van der Waals surface area contributed by atoms with Crippen LogP contribution in [-0.2, 0) is 4.74 Å². The smallest absolute Gasteiger partial charge is 0.410 e. The van der Waals surface area contributed by atoms with Crippen molar-refractivity contribution in [3.05, 3.63) is 0 Å². The second kappa shape index (κ2) is 3.37. The maximum absolute atomic E-state index is 11.7. The van der Waals surface area contributed by atoms with Gasteiger partial charge in [-0.15, -0.1) is 0 Å². The first-order chi connectivity index (χ1) is 6.90. The Labute approximate surface area is 91.0 Å². The molecular formula is C11H20N2O2. The first-order valence-electron chi connectivity index (χ1n) is 5.59. The Morgan fingerprint density at radius 3 is 2.80 bits per heavy atom. The van der Waals surface area contributed by atoms with E-state index in [0.717, 1.165) is 32.6 Å². The van der Waals surface area contributed by atoms with E-state index in [-0.39, 0.29) is 17.1 Å². The van der Waals surface area contributed by atoms with Crippen LogP contribution in [0, 0.1) is 5.41 Å². The molecule has 1 spiro atoms. The van der Waals surface area contributed by atoms with Crippen LogP contribution in [0.15, 0.2) is 0 Å². The van der Waals surface area contributed by atoms with E-state index in [4.69, 9.17) is 4.74 Å². The Hall–Kier alpha value is -0.770. The molecule has 0 radical (unpaired) electrons. The third kappa shape index (κ3) is 2.25. The van der Waals surface area contributed by atoms with Crippen molar-refractivity contribution in [2.24, 2.45) is 5.41 Å². The van der Waals surface area contributed by atoms with Gasteiger partial charge in [0.2, 0.25) is 0 Å². The van der Waals surface area contributed by atoms with Gasteiger partial charge >= 0.3 is 6.09 Å². The average molecular weight is 212 g/mol. The highest BCUT2D eigenvalue weighted by Gasteiger charge is 2.47. The standard InChI is InChI=1S/C11H20N2O2/c1-10(2,3)7-13-8-11(15-9(13)14)4-5-12-6-11/h12H,4-8H2,1-3H3. The molecule has 2 aliphatic heterocycles. The fraction of sp³-hybridized carbons (Fsp3) is 0.909. The summed E-state index contributed by atoms with van der Waals surface area (Å²) in [6.07, 6.45) is 0.799. The van der Waals surface area contributed by atoms with Crippen molar-refractivity contribution in [2.45, 2.75) is 32.8 Å². The molecule has 2 aliphatic rings. The van der Waals surface area contributed by atoms with Gasteiger partial charge in [-0.25, -0.2) is 4.79 Å². The van der Waals surface area contributed by atoms with Crippen LogP contribution < -0.4 is 5.32 Å². The minimum absolute atomic E-state index is 0.135. The quantitative estimate of drug-likeness (QED) is 0.710. The van der Waals surface area contributed by atoms with Gasteiger partial charge in [0.1, 0.15) is 5.60 Å². The summed E-state index contributed by atoms with van der Waals surface area (Å²) in [5, 5.41) is 3.26. The SMILES string of the molecule is CC(C)(C)CN1CC2(CCNC2)OC1=O. The Morgan fingerprint density at radius 1 is 1.53 bits per heavy atom. The molecule has 0 saturated carbocycles. The molecule has 0 aliphatic carbocycles. The molecule has 0 aromatic heterocycles. The van der Waals surface area contributed by atoms with E-state index < -0.39 is 0 Å². The summed E-state index contributed by atoms with van der Waals surface area (Å²) in [7, 11) is 0. The Balaban J connectivity index is 2.01. The minimum atomic E-state index is -0.234. The van der Waals surface area contributed by atoms with E-state index in [0.29, 0.717) is 0 Å². The zero-order chi connectivity index (χ0) is 11.1. The van der Waals surface area contributed by atoms with Crippen LogP contribution in [0.5, 0.6) is 0 Å². The summed E-state index contributed by atoms with van der Waals surface area (Å²) in [6.45, 7) is 9.69. The van der Waals surface area contributed by atoms with Gasteiger partial charge < -0.3 is 15.0 Å². The first kappa shape index (κ1) is 10.7. The van der Waals surface area contributed by atoms with Crippen molar-refractivity contribution in [2.75, 3.05) is 26.2 Å². The summed E-state index contributed by atoms with van der Waals surface area (Å²) in [4.78, 5) is 13.5. The van der Waals surface area contributed by atoms with E-state index >= 15 is 0 Å². The summed E-state index contributed by atoms with van der Waals surface area (Å²) >= 11 is 0. The molecule has 4 nitrogen and oxygen atoms in total. The molecule has 0 bridgehead atoms. The number of carbonyl (C=O) groups is 1. The van der Waals surface area contributed by atoms with Crippen LogP contribution in [0.2, 0.25) is 0 Å². The van der Waals surface area contributed by atoms with Crippen LogP contribution >= 0.6 is 0 Å². The fourth-order valence-electron chi connectivity index (χ4n) is 2.33. The highest BCUT2D eigenvalue weighted by molar-refractivity contribution is 5.71. The van der Waals surface area contributed by atoms with Crippen molar-refractivity contribution in [3.8, 4) is 0 Å². The lowest BCUT2D eigenvalue weighted by atomic mass is 9.95. The van der Waals surface area contributed by atoms with E-state index in [9.17, 15) is 4.79 Å². The third-order valence-electron chi connectivity index (χ3n) is 2.91. The van der Waals surface area contributed by atoms with E-state index in [1.54, 1.807) is 0 Å². The molecule has 0 aromatic rings. The van der Waals surface area contributed by atoms with Crippen molar-refractivity contribution in [3.63, 3.8) is 0 Å². The topological polar surface area (TPSA) is 41.6 Å². The van der Waals surface area contributed by atoms with Crippen LogP contribution in [0.4, 0.5) is 4.79 Å². The highest BCUT2D eigenvalue weighted by Crippen LogP contribution is 2.30. The van der Waals surface area contributed by atoms with Crippen LogP contribution in [-0.4, -0.2) is 42.8 Å². The van der Waals surface area contributed by atoms with E-state index in [1.807, 2.05) is 4.90 Å². The van der Waals surface area contributed by atoms with Crippen molar-refractivity contribution in [1.82, 2.24) is 10.2 Å². The normalized spacial score (nSPS) is 31.4. The number of hydrogen-bond acceptors (Lipinski definition) is 3. The molecule has 15 heavy (non-hydrogen) atoms. The molecule has 2 rings (SSSR count). The van der Waals surface area contributed by atoms with Gasteiger partial charge in [0.15, 0.2) is 0 Å². The van der Waals surface area contributed by atoms with Gasteiger partial charge in [0.05, 0.1) is 6.54 Å². The summed E-state index contributed by atoms with van der Waals surface area (Å²) in [5.74, 6) is 0. The second-order valence-electron chi connectivity index (χ2n) is 5.89. The lowest BCUT2D eigenvalue weighted by Crippen LogP contribution is -2.39.